The van der Waals surface area contributed by atoms with Crippen LogP contribution in [0.4, 0.5) is 11.4 Å². The highest BCUT2D eigenvalue weighted by molar-refractivity contribution is 7.92. The largest absolute Gasteiger partial charge is 0.858 e. The second kappa shape index (κ2) is 7.54. The predicted octanol–water partition coefficient (Wildman–Crippen LogP) is 1.94. The van der Waals surface area contributed by atoms with Gasteiger partial charge in [0.15, 0.2) is 0 Å². The van der Waals surface area contributed by atoms with E-state index in [-0.39, 0.29) is 27.5 Å². The number of carbonyl (C=O) groups excluding carboxylic acids is 1. The number of carbonyl (C=O) groups is 1. The fourth-order valence-corrected chi connectivity index (χ4v) is 2.76. The van der Waals surface area contributed by atoms with Crippen LogP contribution < -0.4 is 9.83 Å². The number of halogens is 1. The molecule has 0 saturated carbocycles. The fourth-order valence-electron chi connectivity index (χ4n) is 1.99. The van der Waals surface area contributed by atoms with Crippen molar-refractivity contribution in [3.63, 3.8) is 0 Å². The number of sulfonamides is 1. The lowest BCUT2D eigenvalue weighted by molar-refractivity contribution is -0.212. The third-order valence-corrected chi connectivity index (χ3v) is 3.96. The Hall–Kier alpha value is -2.58. The number of aliphatic imine (C=N–C) groups is 1. The minimum absolute atomic E-state index is 0.0702. The first-order valence-corrected chi connectivity index (χ1v) is 9.19. The third-order valence-electron chi connectivity index (χ3n) is 3.04. The molecule has 0 spiro atoms. The van der Waals surface area contributed by atoms with E-state index < -0.39 is 21.9 Å². The van der Waals surface area contributed by atoms with Crippen LogP contribution in [-0.4, -0.2) is 33.7 Å². The molecule has 0 saturated heterocycles. The van der Waals surface area contributed by atoms with E-state index in [1.807, 2.05) is 0 Å². The van der Waals surface area contributed by atoms with E-state index in [0.29, 0.717) is 0 Å². The minimum Gasteiger partial charge on any atom is -0.858 e. The number of para-hydroxylation sites is 1. The molecule has 0 bridgehead atoms. The highest BCUT2D eigenvalue weighted by Crippen LogP contribution is 2.24. The maximum atomic E-state index is 12.4. The van der Waals surface area contributed by atoms with Gasteiger partial charge in [-0.2, -0.15) is 0 Å². The van der Waals surface area contributed by atoms with E-state index in [4.69, 9.17) is 11.6 Å². The van der Waals surface area contributed by atoms with Crippen molar-refractivity contribution < 1.29 is 23.1 Å². The molecule has 0 fully saturated rings. The van der Waals surface area contributed by atoms with Crippen molar-refractivity contribution in [1.82, 2.24) is 0 Å². The number of benzene rings is 2. The maximum Gasteiger partial charge on any atom is 0.339 e. The Bertz CT molecular complexity index is 941. The second-order valence-corrected chi connectivity index (χ2v) is 7.15. The van der Waals surface area contributed by atoms with E-state index in [0.717, 1.165) is 6.26 Å². The summed E-state index contributed by atoms with van der Waals surface area (Å²) in [6.45, 7) is 0. The second-order valence-electron chi connectivity index (χ2n) is 4.99. The first-order chi connectivity index (χ1) is 11.7. The van der Waals surface area contributed by atoms with Gasteiger partial charge in [-0.25, -0.2) is 13.2 Å². The Labute approximate surface area is 150 Å². The van der Waals surface area contributed by atoms with Gasteiger partial charge in [-0.3, -0.25) is 9.71 Å². The van der Waals surface area contributed by atoms with Crippen molar-refractivity contribution in [2.24, 2.45) is 4.99 Å². The average Bonchev–Trinajstić information content (AvgIpc) is 2.54. The van der Waals surface area contributed by atoms with E-state index in [2.05, 4.69) is 14.5 Å². The Kier molecular flexibility index (Phi) is 5.66. The quantitative estimate of drug-likeness (QED) is 0.483. The number of anilines is 1. The highest BCUT2D eigenvalue weighted by Gasteiger charge is 2.12. The topological polar surface area (TPSA) is 108 Å². The highest BCUT2D eigenvalue weighted by atomic mass is 35.5. The Morgan fingerprint density at radius 1 is 1.20 bits per heavy atom. The molecule has 0 aliphatic carbocycles. The molecule has 2 rings (SSSR count). The van der Waals surface area contributed by atoms with Crippen LogP contribution in [0.5, 0.6) is 0 Å². The van der Waals surface area contributed by atoms with Crippen LogP contribution in [0.25, 0.3) is 0 Å². The van der Waals surface area contributed by atoms with Crippen LogP contribution in [-0.2, 0) is 14.8 Å². The molecule has 132 valence electrons. The molecular weight excluding hydrogens is 368 g/mol. The van der Waals surface area contributed by atoms with Crippen LogP contribution >= 0.6 is 11.6 Å². The van der Waals surface area contributed by atoms with Gasteiger partial charge in [0, 0.05) is 5.56 Å². The zero-order chi connectivity index (χ0) is 18.6. The summed E-state index contributed by atoms with van der Waals surface area (Å²) in [5, 5.41) is 12.6. The summed E-state index contributed by atoms with van der Waals surface area (Å²) < 4.78 is 29.7. The van der Waals surface area contributed by atoms with Gasteiger partial charge in [0.25, 0.3) is 0 Å². The lowest BCUT2D eigenvalue weighted by Crippen LogP contribution is -2.21. The van der Waals surface area contributed by atoms with Crippen molar-refractivity contribution in [3.8, 4) is 0 Å². The normalized spacial score (nSPS) is 11.9. The Morgan fingerprint density at radius 3 is 2.52 bits per heavy atom. The van der Waals surface area contributed by atoms with Crippen molar-refractivity contribution in [3.05, 3.63) is 58.6 Å². The molecule has 0 aromatic heterocycles. The molecule has 2 aromatic carbocycles. The molecule has 1 N–H and O–H groups in total. The van der Waals surface area contributed by atoms with Gasteiger partial charge in [0.2, 0.25) is 10.0 Å². The SMILES string of the molecule is COC(=O)c1cc(N=C([O-])c2ccccc2NS(C)(=O)=O)ccc1Cl. The van der Waals surface area contributed by atoms with Crippen molar-refractivity contribution in [1.29, 1.82) is 0 Å². The first-order valence-electron chi connectivity index (χ1n) is 6.92. The number of ether oxygens (including phenoxy) is 1. The zero-order valence-electron chi connectivity index (χ0n) is 13.3. The lowest BCUT2D eigenvalue weighted by atomic mass is 10.1. The van der Waals surface area contributed by atoms with Gasteiger partial charge in [-0.15, -0.1) is 0 Å². The summed E-state index contributed by atoms with van der Waals surface area (Å²) in [6, 6.07) is 10.3. The molecule has 0 amide bonds. The summed E-state index contributed by atoms with van der Waals surface area (Å²) in [6.07, 6.45) is 0.979. The number of nitrogens with one attached hydrogen (secondary N) is 1. The monoisotopic (exact) mass is 381 g/mol. The van der Waals surface area contributed by atoms with Gasteiger partial charge in [-0.1, -0.05) is 29.8 Å². The molecule has 9 heteroatoms. The van der Waals surface area contributed by atoms with E-state index >= 15 is 0 Å². The van der Waals surface area contributed by atoms with Gasteiger partial charge < -0.3 is 9.84 Å². The maximum absolute atomic E-state index is 12.4. The van der Waals surface area contributed by atoms with Crippen LogP contribution in [0.2, 0.25) is 5.02 Å². The van der Waals surface area contributed by atoms with Crippen molar-refractivity contribution >= 4 is 44.9 Å². The summed E-state index contributed by atoms with van der Waals surface area (Å²) in [7, 11) is -2.35. The fraction of sp³-hybridized carbons (Fsp3) is 0.125. The van der Waals surface area contributed by atoms with E-state index in [1.165, 1.54) is 37.4 Å². The molecule has 0 heterocycles. The molecule has 0 unspecified atom stereocenters. The minimum atomic E-state index is -3.56. The van der Waals surface area contributed by atoms with Crippen LogP contribution in [0, 0.1) is 0 Å². The average molecular weight is 382 g/mol. The van der Waals surface area contributed by atoms with Gasteiger partial charge in [0.05, 0.1) is 35.3 Å². The molecular formula is C16H14ClN2O5S-. The van der Waals surface area contributed by atoms with Crippen molar-refractivity contribution in [2.45, 2.75) is 0 Å². The predicted molar refractivity (Wildman–Crippen MR) is 93.9 cm³/mol. The molecule has 0 aliphatic heterocycles. The molecule has 0 atom stereocenters. The lowest BCUT2D eigenvalue weighted by Gasteiger charge is -2.16. The first kappa shape index (κ1) is 18.8. The summed E-state index contributed by atoms with van der Waals surface area (Å²) in [4.78, 5) is 15.5. The van der Waals surface area contributed by atoms with Crippen LogP contribution in [0.3, 0.4) is 0 Å². The smallest absolute Gasteiger partial charge is 0.339 e. The summed E-state index contributed by atoms with van der Waals surface area (Å²) in [5.74, 6) is -1.33. The number of methoxy groups -OCH3 is 1. The van der Waals surface area contributed by atoms with E-state index in [1.54, 1.807) is 12.1 Å². The third kappa shape index (κ3) is 4.94. The zero-order valence-corrected chi connectivity index (χ0v) is 14.9. The molecule has 0 radical (unpaired) electrons. The number of esters is 1. The standard InChI is InChI=1S/C16H15ClN2O5S/c1-24-16(21)12-9-10(7-8-13(12)17)18-15(20)11-5-3-4-6-14(11)19-25(2,22)23/h3-9,19H,1-2H3,(H,18,20)/p-1. The number of rotatable bonds is 5. The Balaban J connectivity index is 2.45. The van der Waals surface area contributed by atoms with Crippen LogP contribution in [0.1, 0.15) is 15.9 Å². The Morgan fingerprint density at radius 2 is 1.88 bits per heavy atom. The molecule has 0 aliphatic rings. The van der Waals surface area contributed by atoms with Gasteiger partial charge in [-0.05, 0) is 30.2 Å². The summed E-state index contributed by atoms with van der Waals surface area (Å²) in [5.41, 5.74) is 0.438. The van der Waals surface area contributed by atoms with Crippen molar-refractivity contribution in [2.75, 3.05) is 18.1 Å². The van der Waals surface area contributed by atoms with Gasteiger partial charge >= 0.3 is 5.97 Å². The number of nitrogens with zero attached hydrogens (tertiary/aromatic N) is 1. The van der Waals surface area contributed by atoms with Gasteiger partial charge in [0.1, 0.15) is 0 Å². The summed E-state index contributed by atoms with van der Waals surface area (Å²) >= 11 is 5.92. The number of hydrogen-bond donors (Lipinski definition) is 1. The molecule has 25 heavy (non-hydrogen) atoms. The van der Waals surface area contributed by atoms with Crippen LogP contribution in [0.15, 0.2) is 47.5 Å². The molecule has 7 nitrogen and oxygen atoms in total. The number of hydrogen-bond acceptors (Lipinski definition) is 6. The molecule has 2 aromatic rings. The van der Waals surface area contributed by atoms with E-state index in [9.17, 15) is 18.3 Å².